The van der Waals surface area contributed by atoms with Crippen LogP contribution in [0.4, 0.5) is 0 Å². The first-order valence-corrected chi connectivity index (χ1v) is 12.5. The first kappa shape index (κ1) is 25.2. The minimum Gasteiger partial charge on any atom is -0.506 e. The molecular weight excluding hydrogens is 384 g/mol. The highest BCUT2D eigenvalue weighted by atomic mass is 16.3. The van der Waals surface area contributed by atoms with Gasteiger partial charge in [0.15, 0.2) is 0 Å². The number of aromatic nitrogens is 2. The van der Waals surface area contributed by atoms with Crippen LogP contribution < -0.4 is 0 Å². The van der Waals surface area contributed by atoms with E-state index in [0.717, 1.165) is 37.1 Å². The molecule has 0 aliphatic carbocycles. The molecule has 0 radical (unpaired) electrons. The van der Waals surface area contributed by atoms with Crippen molar-refractivity contribution in [2.24, 2.45) is 0 Å². The molecule has 0 aliphatic rings. The molecule has 4 nitrogen and oxygen atoms in total. The number of aryl methyl sites for hydroxylation is 1. The average Bonchev–Trinajstić information content (AvgIpc) is 2.77. The molecule has 2 heterocycles. The van der Waals surface area contributed by atoms with Crippen LogP contribution in [0.1, 0.15) is 115 Å². The molecule has 4 heteroatoms. The molecule has 0 bridgehead atoms. The molecule has 0 fully saturated rings. The number of unbranched alkanes of at least 4 members (excludes halogenated alkanes) is 7. The lowest BCUT2D eigenvalue weighted by molar-refractivity contribution is 0.461. The van der Waals surface area contributed by atoms with Crippen molar-refractivity contribution in [2.75, 3.05) is 0 Å². The van der Waals surface area contributed by atoms with Crippen molar-refractivity contribution >= 4 is 0 Å². The lowest BCUT2D eigenvalue weighted by Gasteiger charge is -2.18. The van der Waals surface area contributed by atoms with E-state index in [1.807, 2.05) is 12.1 Å². The number of pyridine rings is 2. The summed E-state index contributed by atoms with van der Waals surface area (Å²) < 4.78 is 0. The minimum absolute atomic E-state index is 0.0748. The Morgan fingerprint density at radius 1 is 0.645 bits per heavy atom. The highest BCUT2D eigenvalue weighted by molar-refractivity contribution is 5.68. The van der Waals surface area contributed by atoms with Gasteiger partial charge < -0.3 is 10.2 Å². The van der Waals surface area contributed by atoms with Gasteiger partial charge in [0.25, 0.3) is 0 Å². The maximum Gasteiger partial charge on any atom is 0.143 e. The molecule has 2 aromatic rings. The predicted octanol–water partition coefficient (Wildman–Crippen LogP) is 7.92. The van der Waals surface area contributed by atoms with E-state index in [2.05, 4.69) is 25.8 Å². The van der Waals surface area contributed by atoms with Crippen molar-refractivity contribution in [1.29, 1.82) is 0 Å². The van der Waals surface area contributed by atoms with E-state index in [1.54, 1.807) is 12.1 Å². The van der Waals surface area contributed by atoms with Crippen molar-refractivity contribution in [3.63, 3.8) is 0 Å². The van der Waals surface area contributed by atoms with Crippen LogP contribution in [0.5, 0.6) is 11.5 Å². The maximum atomic E-state index is 10.5. The summed E-state index contributed by atoms with van der Waals surface area (Å²) in [6.07, 6.45) is 15.1. The number of hydrogen-bond donors (Lipinski definition) is 2. The monoisotopic (exact) mass is 426 g/mol. The van der Waals surface area contributed by atoms with Crippen LogP contribution in [0.25, 0.3) is 11.4 Å². The Hall–Kier alpha value is -2.10. The second-order valence-corrected chi connectivity index (χ2v) is 8.77. The van der Waals surface area contributed by atoms with Crippen molar-refractivity contribution in [3.8, 4) is 22.9 Å². The van der Waals surface area contributed by atoms with E-state index in [0.29, 0.717) is 17.3 Å². The van der Waals surface area contributed by atoms with Crippen LogP contribution in [-0.4, -0.2) is 20.2 Å². The molecule has 0 aliphatic heterocycles. The van der Waals surface area contributed by atoms with Gasteiger partial charge in [-0.25, -0.2) is 9.97 Å². The normalized spacial score (nSPS) is 11.4. The zero-order valence-electron chi connectivity index (χ0n) is 19.9. The van der Waals surface area contributed by atoms with E-state index >= 15 is 0 Å². The number of rotatable bonds is 15. The number of nitrogens with zero attached hydrogens (tertiary/aromatic N) is 2. The van der Waals surface area contributed by atoms with Gasteiger partial charge in [-0.1, -0.05) is 78.6 Å². The van der Waals surface area contributed by atoms with Crippen molar-refractivity contribution in [2.45, 2.75) is 110 Å². The summed E-state index contributed by atoms with van der Waals surface area (Å²) in [6, 6.07) is 7.24. The Morgan fingerprint density at radius 2 is 1.19 bits per heavy atom. The maximum absolute atomic E-state index is 10.5. The molecule has 0 saturated heterocycles. The second-order valence-electron chi connectivity index (χ2n) is 8.77. The molecule has 0 saturated carbocycles. The van der Waals surface area contributed by atoms with Crippen molar-refractivity contribution < 1.29 is 10.2 Å². The molecule has 0 atom stereocenters. The van der Waals surface area contributed by atoms with Gasteiger partial charge in [-0.3, -0.25) is 0 Å². The van der Waals surface area contributed by atoms with Gasteiger partial charge >= 0.3 is 0 Å². The SMILES string of the molecule is CCCCCCc1ccc(O)c(-c2nc(C(CCCCC)CCCCC)ccc2O)n1. The first-order valence-electron chi connectivity index (χ1n) is 12.5. The topological polar surface area (TPSA) is 66.2 Å². The Bertz CT molecular complexity index is 766. The quantitative estimate of drug-likeness (QED) is 0.284. The molecule has 2 aromatic heterocycles. The van der Waals surface area contributed by atoms with E-state index in [1.165, 1.54) is 57.8 Å². The summed E-state index contributed by atoms with van der Waals surface area (Å²) in [6.45, 7) is 6.66. The molecule has 2 rings (SSSR count). The number of aromatic hydroxyl groups is 2. The fraction of sp³-hybridized carbons (Fsp3) is 0.630. The zero-order chi connectivity index (χ0) is 22.5. The highest BCUT2D eigenvalue weighted by Crippen LogP contribution is 2.35. The Balaban J connectivity index is 2.26. The lowest BCUT2D eigenvalue weighted by atomic mass is 9.91. The lowest BCUT2D eigenvalue weighted by Crippen LogP contribution is -2.04. The van der Waals surface area contributed by atoms with Gasteiger partial charge in [0.05, 0.1) is 0 Å². The molecule has 0 unspecified atom stereocenters. The van der Waals surface area contributed by atoms with Gasteiger partial charge in [0, 0.05) is 17.3 Å². The van der Waals surface area contributed by atoms with E-state index in [9.17, 15) is 10.2 Å². The van der Waals surface area contributed by atoms with Gasteiger partial charge in [-0.2, -0.15) is 0 Å². The average molecular weight is 427 g/mol. The van der Waals surface area contributed by atoms with Crippen molar-refractivity contribution in [1.82, 2.24) is 9.97 Å². The summed E-state index contributed by atoms with van der Waals surface area (Å²) >= 11 is 0. The Labute approximate surface area is 189 Å². The van der Waals surface area contributed by atoms with Gasteiger partial charge in [0.2, 0.25) is 0 Å². The van der Waals surface area contributed by atoms with Crippen molar-refractivity contribution in [3.05, 3.63) is 35.7 Å². The third-order valence-corrected chi connectivity index (χ3v) is 6.07. The molecule has 2 N–H and O–H groups in total. The zero-order valence-corrected chi connectivity index (χ0v) is 19.9. The van der Waals surface area contributed by atoms with Crippen LogP contribution in [-0.2, 0) is 6.42 Å². The van der Waals surface area contributed by atoms with Crippen LogP contribution in [0.15, 0.2) is 24.3 Å². The van der Waals surface area contributed by atoms with Crippen LogP contribution in [0, 0.1) is 0 Å². The summed E-state index contributed by atoms with van der Waals surface area (Å²) in [5, 5.41) is 21.0. The van der Waals surface area contributed by atoms with E-state index in [-0.39, 0.29) is 11.5 Å². The summed E-state index contributed by atoms with van der Waals surface area (Å²) in [5.74, 6) is 0.540. The van der Waals surface area contributed by atoms with E-state index in [4.69, 9.17) is 4.98 Å². The standard InChI is InChI=1S/C27H42N2O2/c1-4-7-10-13-16-22-17-19-24(30)26(28-22)27-25(31)20-18-23(29-27)21(14-11-8-5-2)15-12-9-6-3/h17-21,30-31H,4-16H2,1-3H3. The fourth-order valence-electron chi connectivity index (χ4n) is 4.13. The molecular formula is C27H42N2O2. The third kappa shape index (κ3) is 8.16. The Kier molecular flexibility index (Phi) is 11.4. The van der Waals surface area contributed by atoms with E-state index < -0.39 is 0 Å². The molecule has 172 valence electrons. The van der Waals surface area contributed by atoms with Crippen LogP contribution >= 0.6 is 0 Å². The summed E-state index contributed by atoms with van der Waals surface area (Å²) in [5.41, 5.74) is 2.75. The number of hydrogen-bond acceptors (Lipinski definition) is 4. The third-order valence-electron chi connectivity index (χ3n) is 6.07. The molecule has 0 aromatic carbocycles. The first-order chi connectivity index (χ1) is 15.1. The fourth-order valence-corrected chi connectivity index (χ4v) is 4.13. The van der Waals surface area contributed by atoms with Crippen LogP contribution in [0.2, 0.25) is 0 Å². The van der Waals surface area contributed by atoms with Gasteiger partial charge in [0.1, 0.15) is 22.9 Å². The van der Waals surface area contributed by atoms with Gasteiger partial charge in [-0.05, 0) is 49.9 Å². The van der Waals surface area contributed by atoms with Gasteiger partial charge in [-0.15, -0.1) is 0 Å². The second kappa shape index (κ2) is 14.1. The van der Waals surface area contributed by atoms with Crippen LogP contribution in [0.3, 0.4) is 0 Å². The minimum atomic E-state index is 0.0748. The molecule has 31 heavy (non-hydrogen) atoms. The largest absolute Gasteiger partial charge is 0.506 e. The predicted molar refractivity (Wildman–Crippen MR) is 130 cm³/mol. The molecule has 0 spiro atoms. The summed E-state index contributed by atoms with van der Waals surface area (Å²) in [4.78, 5) is 9.52. The highest BCUT2D eigenvalue weighted by Gasteiger charge is 2.19. The summed E-state index contributed by atoms with van der Waals surface area (Å²) in [7, 11) is 0. The Morgan fingerprint density at radius 3 is 1.81 bits per heavy atom. The smallest absolute Gasteiger partial charge is 0.143 e. The molecule has 0 amide bonds.